The molecule has 31 heavy (non-hydrogen) atoms. The number of nitrogens with zero attached hydrogens (tertiary/aromatic N) is 4. The Balaban J connectivity index is 0.00000171. The van der Waals surface area contributed by atoms with E-state index in [1.807, 2.05) is 36.1 Å². The highest BCUT2D eigenvalue weighted by atomic mass is 35.5. The Morgan fingerprint density at radius 3 is 2.71 bits per heavy atom. The van der Waals surface area contributed by atoms with Crippen molar-refractivity contribution in [3.8, 4) is 0 Å². The van der Waals surface area contributed by atoms with Crippen LogP contribution in [-0.2, 0) is 19.4 Å². The summed E-state index contributed by atoms with van der Waals surface area (Å²) in [4.78, 5) is 27.8. The second-order valence-electron chi connectivity index (χ2n) is 7.03. The molecule has 0 unspecified atom stereocenters. The van der Waals surface area contributed by atoms with Crippen LogP contribution in [0.3, 0.4) is 0 Å². The van der Waals surface area contributed by atoms with Crippen LogP contribution in [0, 0.1) is 6.92 Å². The first-order valence-electron chi connectivity index (χ1n) is 9.65. The Kier molecular flexibility index (Phi) is 9.04. The number of amides is 1. The molecule has 9 heteroatoms. The number of halogens is 3. The van der Waals surface area contributed by atoms with Gasteiger partial charge >= 0.3 is 0 Å². The first-order chi connectivity index (χ1) is 14.1. The zero-order chi connectivity index (χ0) is 20.2. The van der Waals surface area contributed by atoms with Gasteiger partial charge in [0, 0.05) is 36.1 Å². The monoisotopic (exact) mass is 479 g/mol. The maximum absolute atomic E-state index is 12.8. The van der Waals surface area contributed by atoms with E-state index < -0.39 is 0 Å². The van der Waals surface area contributed by atoms with E-state index in [4.69, 9.17) is 11.6 Å². The van der Waals surface area contributed by atoms with Crippen LogP contribution in [-0.4, -0.2) is 38.8 Å². The van der Waals surface area contributed by atoms with E-state index in [-0.39, 0.29) is 30.7 Å². The molecular formula is C22H24Cl3N5O. The summed E-state index contributed by atoms with van der Waals surface area (Å²) >= 11 is 6.25. The highest BCUT2D eigenvalue weighted by Gasteiger charge is 2.25. The van der Waals surface area contributed by atoms with Crippen LogP contribution < -0.4 is 5.32 Å². The van der Waals surface area contributed by atoms with Gasteiger partial charge in [-0.05, 0) is 43.5 Å². The summed E-state index contributed by atoms with van der Waals surface area (Å²) in [6.07, 6.45) is 4.80. The minimum Gasteiger partial charge on any atom is -0.369 e. The Bertz CT molecular complexity index is 1030. The summed E-state index contributed by atoms with van der Waals surface area (Å²) in [5, 5.41) is 4.22. The van der Waals surface area contributed by atoms with Gasteiger partial charge in [0.1, 0.15) is 11.6 Å². The average Bonchev–Trinajstić information content (AvgIpc) is 2.74. The van der Waals surface area contributed by atoms with Gasteiger partial charge in [-0.3, -0.25) is 9.78 Å². The van der Waals surface area contributed by atoms with Crippen molar-refractivity contribution < 1.29 is 4.79 Å². The van der Waals surface area contributed by atoms with Crippen molar-refractivity contribution in [2.45, 2.75) is 26.3 Å². The molecule has 0 aliphatic carbocycles. The zero-order valence-electron chi connectivity index (χ0n) is 17.0. The molecule has 1 aromatic carbocycles. The van der Waals surface area contributed by atoms with Crippen LogP contribution in [0.5, 0.6) is 0 Å². The van der Waals surface area contributed by atoms with Gasteiger partial charge in [0.2, 0.25) is 0 Å². The van der Waals surface area contributed by atoms with Crippen molar-refractivity contribution in [3.63, 3.8) is 0 Å². The number of rotatable bonds is 5. The van der Waals surface area contributed by atoms with Gasteiger partial charge in [0.15, 0.2) is 0 Å². The van der Waals surface area contributed by atoms with E-state index in [2.05, 4.69) is 20.3 Å². The first kappa shape index (κ1) is 24.9. The lowest BCUT2D eigenvalue weighted by molar-refractivity contribution is 0.0731. The smallest absolute Gasteiger partial charge is 0.255 e. The average molecular weight is 481 g/mol. The third kappa shape index (κ3) is 5.85. The predicted octanol–water partition coefficient (Wildman–Crippen LogP) is 4.53. The molecule has 0 bridgehead atoms. The fourth-order valence-corrected chi connectivity index (χ4v) is 3.79. The van der Waals surface area contributed by atoms with Crippen molar-refractivity contribution >= 4 is 48.1 Å². The van der Waals surface area contributed by atoms with Crippen LogP contribution in [0.15, 0.2) is 48.8 Å². The van der Waals surface area contributed by atoms with Crippen molar-refractivity contribution in [2.24, 2.45) is 0 Å². The van der Waals surface area contributed by atoms with Crippen LogP contribution in [0.25, 0.3) is 0 Å². The molecule has 0 spiro atoms. The van der Waals surface area contributed by atoms with E-state index >= 15 is 0 Å². The summed E-state index contributed by atoms with van der Waals surface area (Å²) in [6, 6.07) is 11.4. The van der Waals surface area contributed by atoms with Gasteiger partial charge in [-0.15, -0.1) is 24.8 Å². The van der Waals surface area contributed by atoms with Crippen LogP contribution in [0.4, 0.5) is 5.82 Å². The van der Waals surface area contributed by atoms with Gasteiger partial charge in [-0.25, -0.2) is 9.97 Å². The quantitative estimate of drug-likeness (QED) is 0.581. The number of carbonyl (C=O) groups excluding carboxylic acids is 1. The van der Waals surface area contributed by atoms with E-state index in [0.717, 1.165) is 47.0 Å². The lowest BCUT2D eigenvalue weighted by Gasteiger charge is -2.29. The summed E-state index contributed by atoms with van der Waals surface area (Å²) in [5.74, 6) is 1.53. The lowest BCUT2D eigenvalue weighted by atomic mass is 10.0. The molecule has 6 nitrogen and oxygen atoms in total. The second kappa shape index (κ2) is 11.3. The number of fused-ring (bicyclic) bond motifs is 1. The molecule has 0 saturated carbocycles. The molecular weight excluding hydrogens is 457 g/mol. The van der Waals surface area contributed by atoms with Gasteiger partial charge in [-0.2, -0.15) is 0 Å². The maximum Gasteiger partial charge on any atom is 0.255 e. The van der Waals surface area contributed by atoms with Crippen LogP contribution in [0.2, 0.25) is 5.02 Å². The molecule has 0 saturated heterocycles. The third-order valence-corrected chi connectivity index (χ3v) is 5.39. The van der Waals surface area contributed by atoms with E-state index in [1.165, 1.54) is 0 Å². The van der Waals surface area contributed by atoms with E-state index in [0.29, 0.717) is 24.5 Å². The number of aromatic nitrogens is 3. The predicted molar refractivity (Wildman–Crippen MR) is 128 cm³/mol. The molecule has 2 aromatic heterocycles. The lowest BCUT2D eigenvalue weighted by Crippen LogP contribution is -2.37. The molecule has 1 N–H and O–H groups in total. The fraction of sp³-hybridized carbons (Fsp3) is 0.273. The molecule has 164 valence electrons. The molecule has 1 aliphatic heterocycles. The number of pyridine rings is 1. The molecule has 0 fully saturated rings. The number of hydrogen-bond acceptors (Lipinski definition) is 5. The molecule has 4 rings (SSSR count). The minimum atomic E-state index is -0.0201. The SMILES string of the molecule is Cc1nc2c(c(NCCc3ccccc3Cl)n1)CCN(C(=O)c1cccnc1)C2.Cl.Cl. The Labute approximate surface area is 199 Å². The molecule has 0 atom stereocenters. The van der Waals surface area contributed by atoms with Gasteiger partial charge in [-0.1, -0.05) is 29.8 Å². The maximum atomic E-state index is 12.8. The van der Waals surface area contributed by atoms with Crippen molar-refractivity contribution in [2.75, 3.05) is 18.4 Å². The van der Waals surface area contributed by atoms with Gasteiger partial charge in [0.05, 0.1) is 17.8 Å². The number of aryl methyl sites for hydroxylation is 1. The summed E-state index contributed by atoms with van der Waals surface area (Å²) in [7, 11) is 0. The van der Waals surface area contributed by atoms with E-state index in [1.54, 1.807) is 24.5 Å². The summed E-state index contributed by atoms with van der Waals surface area (Å²) in [5.41, 5.74) is 3.70. The Morgan fingerprint density at radius 1 is 1.16 bits per heavy atom. The highest BCUT2D eigenvalue weighted by Crippen LogP contribution is 2.25. The first-order valence-corrected chi connectivity index (χ1v) is 10.0. The topological polar surface area (TPSA) is 71.0 Å². The number of carbonyl (C=O) groups is 1. The standard InChI is InChI=1S/C22H22ClN5O.2ClH/c1-15-26-20-14-28(22(29)17-6-4-10-24-13-17)12-9-18(20)21(27-15)25-11-8-16-5-2-3-7-19(16)23;;/h2-7,10,13H,8-9,11-12,14H2,1H3,(H,25,26,27);2*1H. The molecule has 1 aliphatic rings. The van der Waals surface area contributed by atoms with Crippen molar-refractivity contribution in [1.82, 2.24) is 19.9 Å². The third-order valence-electron chi connectivity index (χ3n) is 5.02. The molecule has 3 heterocycles. The summed E-state index contributed by atoms with van der Waals surface area (Å²) < 4.78 is 0. The fourth-order valence-electron chi connectivity index (χ4n) is 3.56. The van der Waals surface area contributed by atoms with Crippen molar-refractivity contribution in [3.05, 3.63) is 82.0 Å². The van der Waals surface area contributed by atoms with Gasteiger partial charge in [0.25, 0.3) is 5.91 Å². The van der Waals surface area contributed by atoms with Crippen molar-refractivity contribution in [1.29, 1.82) is 0 Å². The second-order valence-corrected chi connectivity index (χ2v) is 7.44. The molecule has 3 aromatic rings. The van der Waals surface area contributed by atoms with E-state index in [9.17, 15) is 4.79 Å². The molecule has 0 radical (unpaired) electrons. The molecule has 1 amide bonds. The highest BCUT2D eigenvalue weighted by molar-refractivity contribution is 6.31. The van der Waals surface area contributed by atoms with Gasteiger partial charge < -0.3 is 10.2 Å². The largest absolute Gasteiger partial charge is 0.369 e. The number of nitrogens with one attached hydrogen (secondary N) is 1. The van der Waals surface area contributed by atoms with Crippen LogP contribution >= 0.6 is 36.4 Å². The number of anilines is 1. The number of benzene rings is 1. The zero-order valence-corrected chi connectivity index (χ0v) is 19.4. The van der Waals surface area contributed by atoms with Crippen LogP contribution in [0.1, 0.15) is 33.0 Å². The minimum absolute atomic E-state index is 0. The normalized spacial score (nSPS) is 12.3. The summed E-state index contributed by atoms with van der Waals surface area (Å²) in [6.45, 7) is 3.71. The number of hydrogen-bond donors (Lipinski definition) is 1. The Hall–Kier alpha value is -2.41. The Morgan fingerprint density at radius 2 is 1.97 bits per heavy atom.